The smallest absolute Gasteiger partial charge is 0.240 e. The predicted octanol–water partition coefficient (Wildman–Crippen LogP) is 4.75. The van der Waals surface area contributed by atoms with Gasteiger partial charge in [-0.05, 0) is 48.9 Å². The number of benzene rings is 3. The van der Waals surface area contributed by atoms with Crippen molar-refractivity contribution >= 4 is 23.4 Å². The number of carbonyl (C=O) groups is 1. The normalized spacial score (nSPS) is 16.6. The van der Waals surface area contributed by atoms with Gasteiger partial charge in [-0.15, -0.1) is 10.2 Å². The Morgan fingerprint density at radius 2 is 1.71 bits per heavy atom. The lowest BCUT2D eigenvalue weighted by Crippen LogP contribution is -2.41. The monoisotopic (exact) mass is 487 g/mol. The van der Waals surface area contributed by atoms with Crippen LogP contribution in [0.25, 0.3) is 11.4 Å². The van der Waals surface area contributed by atoms with Gasteiger partial charge in [0.15, 0.2) is 5.82 Å². The van der Waals surface area contributed by atoms with Crippen LogP contribution < -0.4 is 20.2 Å². The zero-order valence-electron chi connectivity index (χ0n) is 19.3. The largest absolute Gasteiger partial charge is 0.497 e. The molecule has 1 aromatic heterocycles. The molecule has 0 bridgehead atoms. The molecule has 2 atom stereocenters. The van der Waals surface area contributed by atoms with E-state index in [0.29, 0.717) is 23.3 Å². The summed E-state index contributed by atoms with van der Waals surface area (Å²) in [5.41, 5.74) is 6.08. The Kier molecular flexibility index (Phi) is 6.58. The summed E-state index contributed by atoms with van der Waals surface area (Å²) in [6.07, 6.45) is 0. The standard InChI is InChI=1S/C26H25N5O3S/c1-3-34-21-13-9-17(10-14-21)22-23(25(32)27-19-11-15-20(33-2)16-12-19)35-26-29-28-24(31(26)30-22)18-7-5-4-6-8-18/h4-16,22-23,30H,3H2,1-2H3,(H,27,32)/t22-,23+/m1/s1. The molecule has 35 heavy (non-hydrogen) atoms. The highest BCUT2D eigenvalue weighted by atomic mass is 32.2. The van der Waals surface area contributed by atoms with Gasteiger partial charge in [-0.2, -0.15) is 0 Å². The average Bonchev–Trinajstić information content (AvgIpc) is 3.32. The van der Waals surface area contributed by atoms with Gasteiger partial charge in [-0.25, -0.2) is 4.68 Å². The number of methoxy groups -OCH3 is 1. The molecular formula is C26H25N5O3S. The van der Waals surface area contributed by atoms with Crippen LogP contribution in [0.15, 0.2) is 84.0 Å². The lowest BCUT2D eigenvalue weighted by Gasteiger charge is -2.33. The van der Waals surface area contributed by atoms with Gasteiger partial charge >= 0.3 is 0 Å². The highest BCUT2D eigenvalue weighted by molar-refractivity contribution is 8.00. The number of hydrogen-bond acceptors (Lipinski definition) is 7. The summed E-state index contributed by atoms with van der Waals surface area (Å²) in [4.78, 5) is 13.5. The van der Waals surface area contributed by atoms with Crippen molar-refractivity contribution < 1.29 is 14.3 Å². The van der Waals surface area contributed by atoms with Crippen LogP contribution in [0, 0.1) is 0 Å². The van der Waals surface area contributed by atoms with E-state index in [1.54, 1.807) is 7.11 Å². The van der Waals surface area contributed by atoms with Gasteiger partial charge < -0.3 is 20.2 Å². The Morgan fingerprint density at radius 1 is 1.00 bits per heavy atom. The van der Waals surface area contributed by atoms with Crippen molar-refractivity contribution in [2.45, 2.75) is 23.4 Å². The minimum absolute atomic E-state index is 0.137. The first-order valence-electron chi connectivity index (χ1n) is 11.3. The maximum atomic E-state index is 13.5. The SMILES string of the molecule is CCOc1ccc([C@H]2Nn3c(nnc3-c3ccccc3)S[C@@H]2C(=O)Nc2ccc(OC)cc2)cc1. The van der Waals surface area contributed by atoms with Gasteiger partial charge in [-0.3, -0.25) is 4.79 Å². The summed E-state index contributed by atoms with van der Waals surface area (Å²) in [5, 5.41) is 11.9. The minimum Gasteiger partial charge on any atom is -0.497 e. The van der Waals surface area contributed by atoms with Crippen LogP contribution in [0.4, 0.5) is 5.69 Å². The van der Waals surface area contributed by atoms with Crippen molar-refractivity contribution in [3.63, 3.8) is 0 Å². The summed E-state index contributed by atoms with van der Waals surface area (Å²) in [5.74, 6) is 2.07. The highest BCUT2D eigenvalue weighted by Gasteiger charge is 2.38. The number of carbonyl (C=O) groups excluding carboxylic acids is 1. The third-order valence-corrected chi connectivity index (χ3v) is 6.85. The summed E-state index contributed by atoms with van der Waals surface area (Å²) >= 11 is 1.38. The number of amides is 1. The van der Waals surface area contributed by atoms with Crippen LogP contribution >= 0.6 is 11.8 Å². The van der Waals surface area contributed by atoms with Crippen molar-refractivity contribution in [1.29, 1.82) is 0 Å². The molecule has 0 spiro atoms. The second-order valence-electron chi connectivity index (χ2n) is 7.87. The number of aromatic nitrogens is 3. The maximum Gasteiger partial charge on any atom is 0.240 e. The number of fused-ring (bicyclic) bond motifs is 1. The molecule has 5 rings (SSSR count). The fourth-order valence-corrected chi connectivity index (χ4v) is 4.98. The second-order valence-corrected chi connectivity index (χ2v) is 8.98. The zero-order valence-corrected chi connectivity index (χ0v) is 20.2. The molecule has 0 saturated heterocycles. The van der Waals surface area contributed by atoms with E-state index in [1.165, 1.54) is 11.8 Å². The molecule has 0 fully saturated rings. The van der Waals surface area contributed by atoms with E-state index in [-0.39, 0.29) is 11.9 Å². The van der Waals surface area contributed by atoms with Crippen LogP contribution in [0.3, 0.4) is 0 Å². The fraction of sp³-hybridized carbons (Fsp3) is 0.192. The number of thioether (sulfide) groups is 1. The molecule has 0 radical (unpaired) electrons. The van der Waals surface area contributed by atoms with Crippen LogP contribution in [-0.4, -0.2) is 39.7 Å². The molecule has 0 aliphatic carbocycles. The average molecular weight is 488 g/mol. The van der Waals surface area contributed by atoms with Gasteiger partial charge in [0.05, 0.1) is 19.8 Å². The van der Waals surface area contributed by atoms with Gasteiger partial charge in [0, 0.05) is 11.3 Å². The van der Waals surface area contributed by atoms with Gasteiger partial charge in [-0.1, -0.05) is 54.2 Å². The Hall–Kier alpha value is -3.98. The third-order valence-electron chi connectivity index (χ3n) is 5.63. The van der Waals surface area contributed by atoms with E-state index in [4.69, 9.17) is 9.47 Å². The van der Waals surface area contributed by atoms with Gasteiger partial charge in [0.2, 0.25) is 11.1 Å². The van der Waals surface area contributed by atoms with E-state index < -0.39 is 5.25 Å². The Balaban J connectivity index is 1.47. The van der Waals surface area contributed by atoms with Crippen molar-refractivity contribution in [2.75, 3.05) is 24.5 Å². The molecule has 3 aromatic carbocycles. The molecule has 178 valence electrons. The Bertz CT molecular complexity index is 1290. The van der Waals surface area contributed by atoms with E-state index in [2.05, 4.69) is 20.9 Å². The second kappa shape index (κ2) is 10.1. The Labute approximate surface area is 207 Å². The number of ether oxygens (including phenoxy) is 2. The summed E-state index contributed by atoms with van der Waals surface area (Å²) < 4.78 is 12.7. The fourth-order valence-electron chi connectivity index (χ4n) is 3.91. The van der Waals surface area contributed by atoms with E-state index in [0.717, 1.165) is 22.6 Å². The number of rotatable bonds is 7. The predicted molar refractivity (Wildman–Crippen MR) is 136 cm³/mol. The first kappa shape index (κ1) is 22.8. The quantitative estimate of drug-likeness (QED) is 0.389. The van der Waals surface area contributed by atoms with E-state index in [1.807, 2.05) is 90.5 Å². The molecule has 2 N–H and O–H groups in total. The first-order valence-corrected chi connectivity index (χ1v) is 12.2. The van der Waals surface area contributed by atoms with E-state index in [9.17, 15) is 4.79 Å². The number of nitrogens with one attached hydrogen (secondary N) is 2. The third kappa shape index (κ3) is 4.81. The topological polar surface area (TPSA) is 90.3 Å². The first-order chi connectivity index (χ1) is 17.2. The number of hydrogen-bond donors (Lipinski definition) is 2. The molecule has 1 aliphatic heterocycles. The Morgan fingerprint density at radius 3 is 2.40 bits per heavy atom. The number of anilines is 1. The summed E-state index contributed by atoms with van der Waals surface area (Å²) in [7, 11) is 1.61. The highest BCUT2D eigenvalue weighted by Crippen LogP contribution is 2.39. The molecule has 0 unspecified atom stereocenters. The zero-order chi connectivity index (χ0) is 24.2. The molecule has 2 heterocycles. The van der Waals surface area contributed by atoms with Crippen LogP contribution in [-0.2, 0) is 4.79 Å². The van der Waals surface area contributed by atoms with Crippen molar-refractivity contribution in [3.05, 3.63) is 84.4 Å². The molecule has 9 heteroatoms. The molecular weight excluding hydrogens is 462 g/mol. The lowest BCUT2D eigenvalue weighted by molar-refractivity contribution is -0.116. The lowest BCUT2D eigenvalue weighted by atomic mass is 10.0. The van der Waals surface area contributed by atoms with Gasteiger partial charge in [0.1, 0.15) is 16.7 Å². The molecule has 0 saturated carbocycles. The van der Waals surface area contributed by atoms with Crippen molar-refractivity contribution in [2.24, 2.45) is 0 Å². The van der Waals surface area contributed by atoms with Crippen molar-refractivity contribution in [1.82, 2.24) is 14.9 Å². The van der Waals surface area contributed by atoms with Gasteiger partial charge in [0.25, 0.3) is 0 Å². The van der Waals surface area contributed by atoms with Crippen LogP contribution in [0.1, 0.15) is 18.5 Å². The minimum atomic E-state index is -0.490. The summed E-state index contributed by atoms with van der Waals surface area (Å²) in [6.45, 7) is 2.54. The molecule has 1 aliphatic rings. The van der Waals surface area contributed by atoms with Crippen LogP contribution in [0.2, 0.25) is 0 Å². The molecule has 4 aromatic rings. The van der Waals surface area contributed by atoms with Crippen molar-refractivity contribution in [3.8, 4) is 22.9 Å². The summed E-state index contributed by atoms with van der Waals surface area (Å²) in [6, 6.07) is 24.6. The van der Waals surface area contributed by atoms with Crippen LogP contribution in [0.5, 0.6) is 11.5 Å². The molecule has 1 amide bonds. The maximum absolute atomic E-state index is 13.5. The molecule has 8 nitrogen and oxygen atoms in total. The number of nitrogens with zero attached hydrogens (tertiary/aromatic N) is 3. The van der Waals surface area contributed by atoms with E-state index >= 15 is 0 Å².